The zero-order valence-corrected chi connectivity index (χ0v) is 10.9. The SMILES string of the molecule is CC(=O)ONC(=N)NN=Cc1ccc(Br)cc1F. The van der Waals surface area contributed by atoms with Crippen molar-refractivity contribution in [2.75, 3.05) is 0 Å². The molecule has 0 atom stereocenters. The number of carbonyl (C=O) groups excluding carboxylic acids is 1. The maximum Gasteiger partial charge on any atom is 0.329 e. The molecule has 0 aromatic heterocycles. The second-order valence-electron chi connectivity index (χ2n) is 3.11. The van der Waals surface area contributed by atoms with E-state index < -0.39 is 11.8 Å². The number of carbonyl (C=O) groups is 1. The van der Waals surface area contributed by atoms with Crippen LogP contribution >= 0.6 is 15.9 Å². The van der Waals surface area contributed by atoms with Crippen LogP contribution in [0.4, 0.5) is 4.39 Å². The van der Waals surface area contributed by atoms with Crippen molar-refractivity contribution in [1.29, 1.82) is 5.41 Å². The molecule has 0 aliphatic carbocycles. The van der Waals surface area contributed by atoms with Gasteiger partial charge in [0.2, 0.25) is 5.96 Å². The van der Waals surface area contributed by atoms with Gasteiger partial charge in [-0.1, -0.05) is 15.9 Å². The fourth-order valence-corrected chi connectivity index (χ4v) is 1.25. The van der Waals surface area contributed by atoms with Crippen molar-refractivity contribution < 1.29 is 14.0 Å². The average molecular weight is 317 g/mol. The first-order chi connectivity index (χ1) is 8.49. The first-order valence-electron chi connectivity index (χ1n) is 4.75. The molecule has 0 aliphatic heterocycles. The van der Waals surface area contributed by atoms with Crippen LogP contribution in [0.15, 0.2) is 27.8 Å². The number of hydrogen-bond acceptors (Lipinski definition) is 4. The van der Waals surface area contributed by atoms with Crippen molar-refractivity contribution in [1.82, 2.24) is 10.9 Å². The zero-order valence-electron chi connectivity index (χ0n) is 9.33. The lowest BCUT2D eigenvalue weighted by molar-refractivity contribution is -0.145. The number of benzene rings is 1. The van der Waals surface area contributed by atoms with E-state index in [2.05, 4.69) is 31.3 Å². The molecular formula is C10H10BrFN4O2. The Labute approximate surface area is 111 Å². The number of halogens is 2. The van der Waals surface area contributed by atoms with E-state index in [9.17, 15) is 9.18 Å². The normalized spacial score (nSPS) is 10.2. The third kappa shape index (κ3) is 4.91. The van der Waals surface area contributed by atoms with E-state index in [1.165, 1.54) is 25.3 Å². The molecule has 0 saturated heterocycles. The molecule has 0 spiro atoms. The lowest BCUT2D eigenvalue weighted by Crippen LogP contribution is -2.34. The van der Waals surface area contributed by atoms with Crippen molar-refractivity contribution in [2.45, 2.75) is 6.92 Å². The van der Waals surface area contributed by atoms with Gasteiger partial charge in [-0.15, -0.1) is 0 Å². The van der Waals surface area contributed by atoms with Crippen molar-refractivity contribution >= 4 is 34.1 Å². The minimum Gasteiger partial charge on any atom is -0.341 e. The summed E-state index contributed by atoms with van der Waals surface area (Å²) in [7, 11) is 0. The summed E-state index contributed by atoms with van der Waals surface area (Å²) in [5.41, 5.74) is 4.47. The largest absolute Gasteiger partial charge is 0.341 e. The molecular weight excluding hydrogens is 307 g/mol. The van der Waals surface area contributed by atoms with Gasteiger partial charge in [-0.2, -0.15) is 10.6 Å². The Bertz CT molecular complexity index is 493. The second-order valence-corrected chi connectivity index (χ2v) is 4.02. The molecule has 0 aliphatic rings. The highest BCUT2D eigenvalue weighted by Crippen LogP contribution is 2.13. The van der Waals surface area contributed by atoms with E-state index in [0.717, 1.165) is 0 Å². The fraction of sp³-hybridized carbons (Fsp3) is 0.100. The van der Waals surface area contributed by atoms with Gasteiger partial charge in [-0.3, -0.25) is 10.2 Å². The third-order valence-electron chi connectivity index (χ3n) is 1.64. The second kappa shape index (κ2) is 6.70. The molecule has 0 saturated carbocycles. The summed E-state index contributed by atoms with van der Waals surface area (Å²) >= 11 is 3.13. The van der Waals surface area contributed by atoms with Crippen LogP contribution in [0.2, 0.25) is 0 Å². The van der Waals surface area contributed by atoms with E-state index in [0.29, 0.717) is 4.47 Å². The van der Waals surface area contributed by atoms with Crippen LogP contribution in [0.1, 0.15) is 12.5 Å². The molecule has 0 unspecified atom stereocenters. The lowest BCUT2D eigenvalue weighted by atomic mass is 10.2. The van der Waals surface area contributed by atoms with Gasteiger partial charge < -0.3 is 4.84 Å². The van der Waals surface area contributed by atoms with E-state index in [-0.39, 0.29) is 11.5 Å². The topological polar surface area (TPSA) is 86.6 Å². The van der Waals surface area contributed by atoms with Crippen LogP contribution in [0.3, 0.4) is 0 Å². The predicted molar refractivity (Wildman–Crippen MR) is 67.5 cm³/mol. The predicted octanol–water partition coefficient (Wildman–Crippen LogP) is 1.51. The molecule has 0 fully saturated rings. The van der Waals surface area contributed by atoms with Crippen LogP contribution in [0.25, 0.3) is 0 Å². The molecule has 96 valence electrons. The third-order valence-corrected chi connectivity index (χ3v) is 2.13. The molecule has 8 heteroatoms. The van der Waals surface area contributed by atoms with Gasteiger partial charge in [0.15, 0.2) is 0 Å². The van der Waals surface area contributed by atoms with Gasteiger partial charge >= 0.3 is 5.97 Å². The minimum atomic E-state index is -0.593. The smallest absolute Gasteiger partial charge is 0.329 e. The standard InChI is InChI=1S/C10H10BrFN4O2/c1-6(17)18-16-10(13)15-14-5-7-2-3-8(11)4-9(7)12/h2-5H,1H3,(H3,13,15,16). The summed E-state index contributed by atoms with van der Waals surface area (Å²) in [5, 5.41) is 10.8. The Kier molecular flexibility index (Phi) is 5.25. The summed E-state index contributed by atoms with van der Waals surface area (Å²) < 4.78 is 14.0. The number of rotatable bonds is 2. The molecule has 3 N–H and O–H groups in total. The van der Waals surface area contributed by atoms with E-state index in [1.54, 1.807) is 6.07 Å². The number of nitrogens with zero attached hydrogens (tertiary/aromatic N) is 1. The van der Waals surface area contributed by atoms with Crippen molar-refractivity contribution in [2.24, 2.45) is 5.10 Å². The van der Waals surface area contributed by atoms with Crippen molar-refractivity contribution in [3.8, 4) is 0 Å². The molecule has 0 heterocycles. The van der Waals surface area contributed by atoms with E-state index in [1.807, 2.05) is 5.48 Å². The first kappa shape index (κ1) is 14.1. The van der Waals surface area contributed by atoms with Gasteiger partial charge in [0, 0.05) is 17.0 Å². The van der Waals surface area contributed by atoms with Gasteiger partial charge in [0.1, 0.15) is 5.82 Å². The summed E-state index contributed by atoms with van der Waals surface area (Å²) in [6.07, 6.45) is 1.20. The molecule has 1 rings (SSSR count). The Morgan fingerprint density at radius 3 is 2.94 bits per heavy atom. The molecule has 0 radical (unpaired) electrons. The Hall–Kier alpha value is -1.96. The number of nitrogens with one attached hydrogen (secondary N) is 3. The van der Waals surface area contributed by atoms with Crippen LogP contribution in [0.5, 0.6) is 0 Å². The quantitative estimate of drug-likeness (QED) is 0.438. The van der Waals surface area contributed by atoms with Crippen LogP contribution in [-0.4, -0.2) is 18.1 Å². The highest BCUT2D eigenvalue weighted by molar-refractivity contribution is 9.10. The van der Waals surface area contributed by atoms with Crippen LogP contribution in [-0.2, 0) is 9.63 Å². The Morgan fingerprint density at radius 1 is 1.61 bits per heavy atom. The van der Waals surface area contributed by atoms with Gasteiger partial charge in [0.05, 0.1) is 6.21 Å². The first-order valence-corrected chi connectivity index (χ1v) is 5.54. The number of guanidine groups is 1. The molecule has 0 bridgehead atoms. The summed E-state index contributed by atoms with van der Waals surface area (Å²) in [5.74, 6) is -1.39. The monoisotopic (exact) mass is 316 g/mol. The molecule has 1 aromatic carbocycles. The molecule has 18 heavy (non-hydrogen) atoms. The van der Waals surface area contributed by atoms with Crippen molar-refractivity contribution in [3.63, 3.8) is 0 Å². The highest BCUT2D eigenvalue weighted by atomic mass is 79.9. The summed E-state index contributed by atoms with van der Waals surface area (Å²) in [6.45, 7) is 1.18. The molecule has 1 aromatic rings. The fourth-order valence-electron chi connectivity index (χ4n) is 0.918. The van der Waals surface area contributed by atoms with Gasteiger partial charge in [-0.05, 0) is 18.2 Å². The maximum atomic E-state index is 13.3. The average Bonchev–Trinajstić information content (AvgIpc) is 2.29. The summed E-state index contributed by atoms with van der Waals surface area (Å²) in [6, 6.07) is 4.48. The number of hydrogen-bond donors (Lipinski definition) is 3. The number of hydroxylamine groups is 1. The highest BCUT2D eigenvalue weighted by Gasteiger charge is 2.00. The van der Waals surface area contributed by atoms with E-state index in [4.69, 9.17) is 5.41 Å². The van der Waals surface area contributed by atoms with Crippen LogP contribution < -0.4 is 10.9 Å². The Balaban J connectivity index is 2.49. The zero-order chi connectivity index (χ0) is 13.5. The molecule has 0 amide bonds. The van der Waals surface area contributed by atoms with Gasteiger partial charge in [-0.25, -0.2) is 9.82 Å². The number of hydrazone groups is 1. The summed E-state index contributed by atoms with van der Waals surface area (Å²) in [4.78, 5) is 14.7. The Morgan fingerprint density at radius 2 is 2.33 bits per heavy atom. The van der Waals surface area contributed by atoms with Gasteiger partial charge in [0.25, 0.3) is 0 Å². The minimum absolute atomic E-state index is 0.256. The molecule has 6 nitrogen and oxygen atoms in total. The van der Waals surface area contributed by atoms with Crippen LogP contribution in [0, 0.1) is 11.2 Å². The van der Waals surface area contributed by atoms with E-state index >= 15 is 0 Å². The lowest BCUT2D eigenvalue weighted by Gasteiger charge is -2.04. The maximum absolute atomic E-state index is 13.3. The van der Waals surface area contributed by atoms with Crippen molar-refractivity contribution in [3.05, 3.63) is 34.1 Å².